The van der Waals surface area contributed by atoms with Crippen LogP contribution in [0.1, 0.15) is 52.4 Å². The number of morpholine rings is 1. The standard InChI is InChI=1S/C19H38N4O2/c1-3-20-19(22-16-17(2)23-11-14-24-15-12-23)21-10-7-13-25-18-8-5-4-6-9-18/h17-18H,3-16H2,1-2H3,(H2,20,21,22). The minimum atomic E-state index is 0.453. The number of hydrogen-bond acceptors (Lipinski definition) is 4. The first-order valence-corrected chi connectivity index (χ1v) is 10.2. The third-order valence-corrected chi connectivity index (χ3v) is 5.05. The van der Waals surface area contributed by atoms with Crippen molar-refractivity contribution in [2.75, 3.05) is 52.5 Å². The topological polar surface area (TPSA) is 58.1 Å². The molecule has 0 radical (unpaired) electrons. The third kappa shape index (κ3) is 8.38. The summed E-state index contributed by atoms with van der Waals surface area (Å²) in [6.07, 6.45) is 8.08. The van der Waals surface area contributed by atoms with Crippen molar-refractivity contribution in [3.8, 4) is 0 Å². The Morgan fingerprint density at radius 2 is 1.96 bits per heavy atom. The molecular formula is C19H38N4O2. The van der Waals surface area contributed by atoms with Gasteiger partial charge in [0, 0.05) is 38.8 Å². The summed E-state index contributed by atoms with van der Waals surface area (Å²) >= 11 is 0. The summed E-state index contributed by atoms with van der Waals surface area (Å²) < 4.78 is 11.4. The summed E-state index contributed by atoms with van der Waals surface area (Å²) in [5.41, 5.74) is 0. The Hall–Kier alpha value is -0.850. The quantitative estimate of drug-likeness (QED) is 0.377. The number of aliphatic imine (C=N–C) groups is 1. The van der Waals surface area contributed by atoms with Gasteiger partial charge in [-0.2, -0.15) is 0 Å². The largest absolute Gasteiger partial charge is 0.379 e. The highest BCUT2D eigenvalue weighted by atomic mass is 16.5. The maximum Gasteiger partial charge on any atom is 0.191 e. The van der Waals surface area contributed by atoms with Crippen LogP contribution in [-0.2, 0) is 9.47 Å². The van der Waals surface area contributed by atoms with Crippen molar-refractivity contribution in [1.82, 2.24) is 15.5 Å². The molecule has 1 heterocycles. The van der Waals surface area contributed by atoms with Crippen molar-refractivity contribution in [2.45, 2.75) is 64.5 Å². The van der Waals surface area contributed by atoms with Crippen molar-refractivity contribution in [3.63, 3.8) is 0 Å². The minimum Gasteiger partial charge on any atom is -0.379 e. The summed E-state index contributed by atoms with van der Waals surface area (Å²) in [6.45, 7) is 11.5. The smallest absolute Gasteiger partial charge is 0.191 e. The Kier molecular flexibility index (Phi) is 10.2. The Morgan fingerprint density at radius 1 is 1.20 bits per heavy atom. The van der Waals surface area contributed by atoms with Crippen LogP contribution in [0.5, 0.6) is 0 Å². The molecule has 146 valence electrons. The Morgan fingerprint density at radius 3 is 2.68 bits per heavy atom. The van der Waals surface area contributed by atoms with E-state index in [0.29, 0.717) is 12.1 Å². The first-order chi connectivity index (χ1) is 12.3. The summed E-state index contributed by atoms with van der Waals surface area (Å²) in [5.74, 6) is 0.917. The first kappa shape index (κ1) is 20.5. The number of rotatable bonds is 9. The number of ether oxygens (including phenoxy) is 2. The molecule has 6 heteroatoms. The number of nitrogens with zero attached hydrogens (tertiary/aromatic N) is 2. The highest BCUT2D eigenvalue weighted by Gasteiger charge is 2.16. The Balaban J connectivity index is 1.61. The molecule has 0 aromatic carbocycles. The van der Waals surface area contributed by atoms with Gasteiger partial charge in [-0.25, -0.2) is 0 Å². The van der Waals surface area contributed by atoms with Gasteiger partial charge < -0.3 is 20.1 Å². The zero-order valence-corrected chi connectivity index (χ0v) is 16.3. The van der Waals surface area contributed by atoms with Crippen LogP contribution in [0.15, 0.2) is 4.99 Å². The molecule has 1 saturated heterocycles. The molecule has 1 unspecified atom stereocenters. The summed E-state index contributed by atoms with van der Waals surface area (Å²) in [7, 11) is 0. The van der Waals surface area contributed by atoms with E-state index >= 15 is 0 Å². The van der Waals surface area contributed by atoms with Crippen LogP contribution in [0.2, 0.25) is 0 Å². The van der Waals surface area contributed by atoms with Crippen LogP contribution >= 0.6 is 0 Å². The average Bonchev–Trinajstić information content (AvgIpc) is 2.67. The van der Waals surface area contributed by atoms with Gasteiger partial charge in [0.2, 0.25) is 0 Å². The van der Waals surface area contributed by atoms with Gasteiger partial charge >= 0.3 is 0 Å². The van der Waals surface area contributed by atoms with Crippen molar-refractivity contribution < 1.29 is 9.47 Å². The maximum atomic E-state index is 5.98. The van der Waals surface area contributed by atoms with Crippen molar-refractivity contribution >= 4 is 5.96 Å². The van der Waals surface area contributed by atoms with E-state index in [1.165, 1.54) is 32.1 Å². The second kappa shape index (κ2) is 12.5. The molecule has 0 amide bonds. The van der Waals surface area contributed by atoms with Gasteiger partial charge in [0.1, 0.15) is 0 Å². The lowest BCUT2D eigenvalue weighted by Crippen LogP contribution is -2.44. The molecule has 1 aliphatic heterocycles. The molecule has 1 saturated carbocycles. The minimum absolute atomic E-state index is 0.453. The fraction of sp³-hybridized carbons (Fsp3) is 0.947. The van der Waals surface area contributed by atoms with Crippen LogP contribution in [0.4, 0.5) is 0 Å². The summed E-state index contributed by atoms with van der Waals surface area (Å²) in [6, 6.07) is 0.453. The fourth-order valence-electron chi connectivity index (χ4n) is 3.46. The van der Waals surface area contributed by atoms with Crippen molar-refractivity contribution in [3.05, 3.63) is 0 Å². The molecule has 2 aliphatic rings. The van der Waals surface area contributed by atoms with Gasteiger partial charge in [-0.3, -0.25) is 9.89 Å². The van der Waals surface area contributed by atoms with E-state index in [1.54, 1.807) is 0 Å². The number of hydrogen-bond donors (Lipinski definition) is 2. The maximum absolute atomic E-state index is 5.98. The molecule has 2 fully saturated rings. The highest BCUT2D eigenvalue weighted by molar-refractivity contribution is 5.79. The van der Waals surface area contributed by atoms with Gasteiger partial charge in [-0.1, -0.05) is 19.3 Å². The Labute approximate surface area is 153 Å². The predicted molar refractivity (Wildman–Crippen MR) is 103 cm³/mol. The lowest BCUT2D eigenvalue weighted by atomic mass is 9.98. The molecule has 0 bridgehead atoms. The first-order valence-electron chi connectivity index (χ1n) is 10.2. The van der Waals surface area contributed by atoms with E-state index < -0.39 is 0 Å². The van der Waals surface area contributed by atoms with Crippen molar-refractivity contribution in [2.24, 2.45) is 4.99 Å². The molecule has 25 heavy (non-hydrogen) atoms. The second-order valence-corrected chi connectivity index (χ2v) is 7.13. The summed E-state index contributed by atoms with van der Waals surface area (Å²) in [4.78, 5) is 7.20. The van der Waals surface area contributed by atoms with Crippen molar-refractivity contribution in [1.29, 1.82) is 0 Å². The molecule has 2 N–H and O–H groups in total. The molecule has 0 spiro atoms. The lowest BCUT2D eigenvalue weighted by Gasteiger charge is -2.31. The van der Waals surface area contributed by atoms with Gasteiger partial charge in [-0.05, 0) is 33.1 Å². The van der Waals surface area contributed by atoms with E-state index in [4.69, 9.17) is 14.5 Å². The fourth-order valence-corrected chi connectivity index (χ4v) is 3.46. The second-order valence-electron chi connectivity index (χ2n) is 7.13. The van der Waals surface area contributed by atoms with E-state index in [1.807, 2.05) is 0 Å². The molecule has 1 atom stereocenters. The van der Waals surface area contributed by atoms with Crippen LogP contribution in [0.25, 0.3) is 0 Å². The normalized spacial score (nSPS) is 21.9. The van der Waals surface area contributed by atoms with Crippen LogP contribution < -0.4 is 10.6 Å². The summed E-state index contributed by atoms with van der Waals surface area (Å²) in [5, 5.41) is 6.77. The van der Waals surface area contributed by atoms with Gasteiger partial charge in [0.05, 0.1) is 25.9 Å². The SMILES string of the molecule is CCNC(=NCC(C)N1CCOCC1)NCCCOC1CCCCC1. The third-order valence-electron chi connectivity index (χ3n) is 5.05. The van der Waals surface area contributed by atoms with Crippen LogP contribution in [0.3, 0.4) is 0 Å². The molecule has 0 aromatic rings. The molecule has 6 nitrogen and oxygen atoms in total. The zero-order valence-electron chi connectivity index (χ0n) is 16.3. The molecule has 0 aromatic heterocycles. The highest BCUT2D eigenvalue weighted by Crippen LogP contribution is 2.20. The van der Waals surface area contributed by atoms with Gasteiger partial charge in [0.25, 0.3) is 0 Å². The Bertz CT molecular complexity index is 366. The van der Waals surface area contributed by atoms with E-state index in [0.717, 1.165) is 64.9 Å². The zero-order chi connectivity index (χ0) is 17.7. The van der Waals surface area contributed by atoms with Gasteiger partial charge in [0.15, 0.2) is 5.96 Å². The van der Waals surface area contributed by atoms with E-state index in [9.17, 15) is 0 Å². The van der Waals surface area contributed by atoms with Crippen LogP contribution in [-0.4, -0.2) is 75.5 Å². The lowest BCUT2D eigenvalue weighted by molar-refractivity contribution is 0.0220. The molecule has 1 aliphatic carbocycles. The number of guanidine groups is 1. The van der Waals surface area contributed by atoms with Gasteiger partial charge in [-0.15, -0.1) is 0 Å². The van der Waals surface area contributed by atoms with Crippen LogP contribution in [0, 0.1) is 0 Å². The van der Waals surface area contributed by atoms with E-state index in [-0.39, 0.29) is 0 Å². The predicted octanol–water partition coefficient (Wildman–Crippen LogP) is 2.00. The molecule has 2 rings (SSSR count). The van der Waals surface area contributed by atoms with E-state index in [2.05, 4.69) is 29.4 Å². The number of nitrogens with one attached hydrogen (secondary N) is 2. The molecular weight excluding hydrogens is 316 g/mol. The average molecular weight is 355 g/mol. The monoisotopic (exact) mass is 354 g/mol.